The molecule has 0 aliphatic carbocycles. The zero-order chi connectivity index (χ0) is 12.1. The Morgan fingerprint density at radius 1 is 1.38 bits per heavy atom. The Morgan fingerprint density at radius 2 is 2.06 bits per heavy atom. The van der Waals surface area contributed by atoms with Crippen LogP contribution in [-0.2, 0) is 0 Å². The van der Waals surface area contributed by atoms with E-state index in [-0.39, 0.29) is 0 Å². The molecule has 16 heavy (non-hydrogen) atoms. The lowest BCUT2D eigenvalue weighted by Crippen LogP contribution is -2.28. The van der Waals surface area contributed by atoms with Crippen LogP contribution in [-0.4, -0.2) is 18.1 Å². The number of halogens is 1. The third-order valence-corrected chi connectivity index (χ3v) is 3.78. The predicted molar refractivity (Wildman–Crippen MR) is 74.0 cm³/mol. The molecule has 0 fully saturated rings. The number of rotatable bonds is 5. The van der Waals surface area contributed by atoms with E-state index < -0.39 is 0 Å². The van der Waals surface area contributed by atoms with Crippen LogP contribution in [0.25, 0.3) is 0 Å². The Labute approximate surface area is 107 Å². The van der Waals surface area contributed by atoms with E-state index in [4.69, 9.17) is 0 Å². The number of pyridine rings is 1. The minimum Gasteiger partial charge on any atom is -0.357 e. The van der Waals surface area contributed by atoms with Crippen LogP contribution >= 0.6 is 15.9 Å². The molecular formula is C13H21BrN2. The fourth-order valence-corrected chi connectivity index (χ4v) is 1.82. The quantitative estimate of drug-likeness (QED) is 0.812. The summed E-state index contributed by atoms with van der Waals surface area (Å²) >= 11 is 3.48. The van der Waals surface area contributed by atoms with E-state index in [0.717, 1.165) is 29.1 Å². The maximum atomic E-state index is 4.61. The lowest BCUT2D eigenvalue weighted by molar-refractivity contribution is 0.545. The van der Waals surface area contributed by atoms with Gasteiger partial charge in [-0.05, 0) is 47.8 Å². The summed E-state index contributed by atoms with van der Waals surface area (Å²) in [6.07, 6.45) is 1.21. The van der Waals surface area contributed by atoms with Crippen molar-refractivity contribution >= 4 is 21.7 Å². The van der Waals surface area contributed by atoms with Crippen molar-refractivity contribution in [2.24, 2.45) is 5.92 Å². The smallest absolute Gasteiger partial charge is 0.128 e. The number of aryl methyl sites for hydroxylation is 1. The van der Waals surface area contributed by atoms with Crippen LogP contribution in [0.1, 0.15) is 32.9 Å². The van der Waals surface area contributed by atoms with Gasteiger partial charge in [-0.25, -0.2) is 4.98 Å². The highest BCUT2D eigenvalue weighted by molar-refractivity contribution is 9.10. The van der Waals surface area contributed by atoms with Gasteiger partial charge in [0.15, 0.2) is 0 Å². The van der Waals surface area contributed by atoms with Gasteiger partial charge in [0.25, 0.3) is 0 Å². The van der Waals surface area contributed by atoms with E-state index in [1.165, 1.54) is 6.42 Å². The molecule has 1 aromatic heterocycles. The molecule has 90 valence electrons. The highest BCUT2D eigenvalue weighted by Crippen LogP contribution is 2.20. The molecule has 0 spiro atoms. The van der Waals surface area contributed by atoms with E-state index in [1.54, 1.807) is 0 Å². The Kier molecular flexibility index (Phi) is 5.26. The Bertz CT molecular complexity index is 339. The summed E-state index contributed by atoms with van der Waals surface area (Å²) in [5, 5.41) is 0. The molecule has 3 heteroatoms. The van der Waals surface area contributed by atoms with Crippen LogP contribution in [0.2, 0.25) is 0 Å². The van der Waals surface area contributed by atoms with E-state index in [0.29, 0.717) is 5.92 Å². The average molecular weight is 285 g/mol. The topological polar surface area (TPSA) is 16.1 Å². The van der Waals surface area contributed by atoms with E-state index >= 15 is 0 Å². The van der Waals surface area contributed by atoms with Crippen molar-refractivity contribution in [1.29, 1.82) is 0 Å². The minimum atomic E-state index is 0.714. The van der Waals surface area contributed by atoms with Gasteiger partial charge >= 0.3 is 0 Å². The SMILES string of the molecule is CCC(C)CN(CC)c1ccc(Br)c(C)n1. The van der Waals surface area contributed by atoms with Gasteiger partial charge in [0, 0.05) is 17.6 Å². The molecule has 2 nitrogen and oxygen atoms in total. The molecule has 0 aromatic carbocycles. The summed E-state index contributed by atoms with van der Waals surface area (Å²) in [7, 11) is 0. The highest BCUT2D eigenvalue weighted by atomic mass is 79.9. The lowest BCUT2D eigenvalue weighted by Gasteiger charge is -2.25. The molecule has 0 aliphatic heterocycles. The van der Waals surface area contributed by atoms with Crippen LogP contribution in [0, 0.1) is 12.8 Å². The first-order valence-corrected chi connectivity index (χ1v) is 6.75. The van der Waals surface area contributed by atoms with Crippen LogP contribution in [0.5, 0.6) is 0 Å². The average Bonchev–Trinajstić information content (AvgIpc) is 2.29. The van der Waals surface area contributed by atoms with Gasteiger partial charge in [-0.1, -0.05) is 20.3 Å². The Hall–Kier alpha value is -0.570. The molecule has 0 N–H and O–H groups in total. The van der Waals surface area contributed by atoms with Gasteiger partial charge in [-0.15, -0.1) is 0 Å². The number of hydrogen-bond acceptors (Lipinski definition) is 2. The molecule has 1 atom stereocenters. The molecule has 0 radical (unpaired) electrons. The second-order valence-electron chi connectivity index (χ2n) is 4.29. The molecule has 1 rings (SSSR count). The van der Waals surface area contributed by atoms with Gasteiger partial charge < -0.3 is 4.90 Å². The summed E-state index contributed by atoms with van der Waals surface area (Å²) in [6.45, 7) is 10.8. The third kappa shape index (κ3) is 3.48. The number of hydrogen-bond donors (Lipinski definition) is 0. The molecular weight excluding hydrogens is 264 g/mol. The predicted octanol–water partition coefficient (Wildman–Crippen LogP) is 4.02. The summed E-state index contributed by atoms with van der Waals surface area (Å²) in [6, 6.07) is 4.17. The number of nitrogens with zero attached hydrogens (tertiary/aromatic N) is 2. The van der Waals surface area contributed by atoms with Crippen LogP contribution in [0.3, 0.4) is 0 Å². The molecule has 1 aromatic rings. The van der Waals surface area contributed by atoms with Gasteiger partial charge in [-0.2, -0.15) is 0 Å². The molecule has 0 aliphatic rings. The monoisotopic (exact) mass is 284 g/mol. The van der Waals surface area contributed by atoms with E-state index in [2.05, 4.69) is 58.7 Å². The highest BCUT2D eigenvalue weighted by Gasteiger charge is 2.10. The molecule has 1 unspecified atom stereocenters. The first kappa shape index (κ1) is 13.5. The maximum absolute atomic E-state index is 4.61. The van der Waals surface area contributed by atoms with Gasteiger partial charge in [0.05, 0.1) is 5.69 Å². The van der Waals surface area contributed by atoms with E-state index in [1.807, 2.05) is 6.92 Å². The normalized spacial score (nSPS) is 12.6. The van der Waals surface area contributed by atoms with Crippen LogP contribution in [0.4, 0.5) is 5.82 Å². The van der Waals surface area contributed by atoms with Gasteiger partial charge in [0.2, 0.25) is 0 Å². The third-order valence-electron chi connectivity index (χ3n) is 2.94. The standard InChI is InChI=1S/C13H21BrN2/c1-5-10(3)9-16(6-2)13-8-7-12(14)11(4)15-13/h7-8,10H,5-6,9H2,1-4H3. The zero-order valence-electron chi connectivity index (χ0n) is 10.6. The first-order chi connectivity index (χ1) is 7.58. The summed E-state index contributed by atoms with van der Waals surface area (Å²) < 4.78 is 1.08. The second-order valence-corrected chi connectivity index (χ2v) is 5.14. The lowest BCUT2D eigenvalue weighted by atomic mass is 10.1. The fraction of sp³-hybridized carbons (Fsp3) is 0.615. The Morgan fingerprint density at radius 3 is 2.56 bits per heavy atom. The van der Waals surface area contributed by atoms with Crippen LogP contribution in [0.15, 0.2) is 16.6 Å². The van der Waals surface area contributed by atoms with Crippen molar-refractivity contribution in [1.82, 2.24) is 4.98 Å². The zero-order valence-corrected chi connectivity index (χ0v) is 12.2. The van der Waals surface area contributed by atoms with Gasteiger partial charge in [-0.3, -0.25) is 0 Å². The Balaban J connectivity index is 2.82. The molecule has 0 saturated heterocycles. The summed E-state index contributed by atoms with van der Waals surface area (Å²) in [4.78, 5) is 6.95. The van der Waals surface area contributed by atoms with Crippen molar-refractivity contribution in [3.63, 3.8) is 0 Å². The number of anilines is 1. The van der Waals surface area contributed by atoms with Crippen molar-refractivity contribution < 1.29 is 0 Å². The van der Waals surface area contributed by atoms with Gasteiger partial charge in [0.1, 0.15) is 5.82 Å². The van der Waals surface area contributed by atoms with E-state index in [9.17, 15) is 0 Å². The maximum Gasteiger partial charge on any atom is 0.128 e. The molecule has 0 amide bonds. The fourth-order valence-electron chi connectivity index (χ4n) is 1.60. The summed E-state index contributed by atoms with van der Waals surface area (Å²) in [5.74, 6) is 1.80. The largest absolute Gasteiger partial charge is 0.357 e. The number of aromatic nitrogens is 1. The molecule has 0 bridgehead atoms. The van der Waals surface area contributed by atoms with Crippen molar-refractivity contribution in [2.75, 3.05) is 18.0 Å². The van der Waals surface area contributed by atoms with Crippen molar-refractivity contribution in [2.45, 2.75) is 34.1 Å². The second kappa shape index (κ2) is 6.24. The molecule has 0 saturated carbocycles. The van der Waals surface area contributed by atoms with Crippen molar-refractivity contribution in [3.05, 3.63) is 22.3 Å². The molecule has 1 heterocycles. The van der Waals surface area contributed by atoms with Crippen LogP contribution < -0.4 is 4.90 Å². The minimum absolute atomic E-state index is 0.714. The summed E-state index contributed by atoms with van der Waals surface area (Å²) in [5.41, 5.74) is 1.06. The van der Waals surface area contributed by atoms with Crippen molar-refractivity contribution in [3.8, 4) is 0 Å². The first-order valence-electron chi connectivity index (χ1n) is 5.96.